The molecule has 1 saturated heterocycles. The fourth-order valence-corrected chi connectivity index (χ4v) is 1.77. The van der Waals surface area contributed by atoms with Crippen LogP contribution in [0.25, 0.3) is 0 Å². The molecule has 2 heteroatoms. The third kappa shape index (κ3) is 2.80. The van der Waals surface area contributed by atoms with Crippen molar-refractivity contribution in [2.45, 2.75) is 38.6 Å². The van der Waals surface area contributed by atoms with Gasteiger partial charge < -0.3 is 4.90 Å². The zero-order chi connectivity index (χ0) is 8.10. The standard InChI is InChI=1S/C9H19N2/c1-9-5-2-3-7-11(9)8-4-6-10/h9-10H,2-8H2,1H3. The van der Waals surface area contributed by atoms with Crippen molar-refractivity contribution in [3.05, 3.63) is 0 Å². The fourth-order valence-electron chi connectivity index (χ4n) is 1.77. The molecule has 1 heterocycles. The predicted molar refractivity (Wildman–Crippen MR) is 47.5 cm³/mol. The summed E-state index contributed by atoms with van der Waals surface area (Å²) in [7, 11) is 0. The molecule has 11 heavy (non-hydrogen) atoms. The molecule has 1 unspecified atom stereocenters. The summed E-state index contributed by atoms with van der Waals surface area (Å²) in [5.74, 6) is 0. The summed E-state index contributed by atoms with van der Waals surface area (Å²) in [6, 6.07) is 0.773. The van der Waals surface area contributed by atoms with Crippen molar-refractivity contribution in [3.8, 4) is 0 Å². The minimum Gasteiger partial charge on any atom is -0.301 e. The van der Waals surface area contributed by atoms with Crippen LogP contribution in [0.15, 0.2) is 0 Å². The van der Waals surface area contributed by atoms with E-state index in [1.54, 1.807) is 0 Å². The lowest BCUT2D eigenvalue weighted by molar-refractivity contribution is 0.160. The van der Waals surface area contributed by atoms with Gasteiger partial charge in [-0.1, -0.05) is 6.42 Å². The molecule has 0 aliphatic carbocycles. The van der Waals surface area contributed by atoms with E-state index in [1.165, 1.54) is 25.8 Å². The van der Waals surface area contributed by atoms with E-state index < -0.39 is 0 Å². The highest BCUT2D eigenvalue weighted by molar-refractivity contribution is 4.72. The average Bonchev–Trinajstić information content (AvgIpc) is 2.03. The van der Waals surface area contributed by atoms with Gasteiger partial charge in [-0.05, 0) is 39.3 Å². The van der Waals surface area contributed by atoms with Gasteiger partial charge in [0.1, 0.15) is 0 Å². The number of rotatable bonds is 3. The van der Waals surface area contributed by atoms with Crippen molar-refractivity contribution in [1.82, 2.24) is 10.6 Å². The molecular weight excluding hydrogens is 136 g/mol. The van der Waals surface area contributed by atoms with Crippen LogP contribution in [0.4, 0.5) is 0 Å². The van der Waals surface area contributed by atoms with E-state index in [-0.39, 0.29) is 0 Å². The first kappa shape index (κ1) is 9.01. The van der Waals surface area contributed by atoms with Crippen molar-refractivity contribution in [2.24, 2.45) is 0 Å². The lowest BCUT2D eigenvalue weighted by Gasteiger charge is -2.33. The second kappa shape index (κ2) is 4.73. The van der Waals surface area contributed by atoms with Gasteiger partial charge in [0.05, 0.1) is 0 Å². The maximum absolute atomic E-state index is 7.06. The lowest BCUT2D eigenvalue weighted by Crippen LogP contribution is -2.38. The van der Waals surface area contributed by atoms with Crippen LogP contribution in [0, 0.1) is 0 Å². The monoisotopic (exact) mass is 155 g/mol. The van der Waals surface area contributed by atoms with Gasteiger partial charge >= 0.3 is 0 Å². The van der Waals surface area contributed by atoms with E-state index in [1.807, 2.05) is 0 Å². The van der Waals surface area contributed by atoms with Gasteiger partial charge in [-0.3, -0.25) is 5.73 Å². The number of piperidine rings is 1. The molecule has 1 radical (unpaired) electrons. The summed E-state index contributed by atoms with van der Waals surface area (Å²) in [4.78, 5) is 2.53. The summed E-state index contributed by atoms with van der Waals surface area (Å²) in [5, 5.41) is 0. The van der Waals surface area contributed by atoms with Crippen LogP contribution in [-0.2, 0) is 0 Å². The largest absolute Gasteiger partial charge is 0.301 e. The molecule has 0 aromatic carbocycles. The smallest absolute Gasteiger partial charge is 0.0112 e. The fraction of sp³-hybridized carbons (Fsp3) is 1.00. The summed E-state index contributed by atoms with van der Waals surface area (Å²) in [6.07, 6.45) is 5.17. The molecule has 1 aliphatic rings. The van der Waals surface area contributed by atoms with Crippen molar-refractivity contribution >= 4 is 0 Å². The van der Waals surface area contributed by atoms with E-state index in [4.69, 9.17) is 5.73 Å². The molecule has 0 spiro atoms. The van der Waals surface area contributed by atoms with E-state index >= 15 is 0 Å². The maximum atomic E-state index is 7.06. The quantitative estimate of drug-likeness (QED) is 0.607. The van der Waals surface area contributed by atoms with Crippen LogP contribution in [0.2, 0.25) is 0 Å². The van der Waals surface area contributed by atoms with Gasteiger partial charge in [0.25, 0.3) is 0 Å². The Bertz CT molecular complexity index is 104. The van der Waals surface area contributed by atoms with E-state index in [0.717, 1.165) is 19.0 Å². The minimum atomic E-state index is 0.587. The number of hydrogen-bond acceptors (Lipinski definition) is 1. The summed E-state index contributed by atoms with van der Waals surface area (Å²) < 4.78 is 0. The van der Waals surface area contributed by atoms with Crippen LogP contribution >= 0.6 is 0 Å². The SMILES string of the molecule is CC1CCCCN1CCC[NH]. The van der Waals surface area contributed by atoms with E-state index in [9.17, 15) is 0 Å². The Balaban J connectivity index is 2.18. The molecular formula is C9H19N2. The topological polar surface area (TPSA) is 27.0 Å². The van der Waals surface area contributed by atoms with Gasteiger partial charge in [0.2, 0.25) is 0 Å². The Labute approximate surface area is 69.8 Å². The summed E-state index contributed by atoms with van der Waals surface area (Å²) >= 11 is 0. The first-order valence-corrected chi connectivity index (χ1v) is 4.73. The Morgan fingerprint density at radius 1 is 1.45 bits per heavy atom. The highest BCUT2D eigenvalue weighted by Crippen LogP contribution is 2.15. The highest BCUT2D eigenvalue weighted by Gasteiger charge is 2.16. The number of nitrogens with one attached hydrogen (secondary N) is 1. The first-order valence-electron chi connectivity index (χ1n) is 4.73. The second-order valence-electron chi connectivity index (χ2n) is 3.48. The number of hydrogen-bond donors (Lipinski definition) is 0. The molecule has 0 aromatic rings. The van der Waals surface area contributed by atoms with Crippen LogP contribution in [-0.4, -0.2) is 30.6 Å². The lowest BCUT2D eigenvalue weighted by atomic mass is 10.0. The second-order valence-corrected chi connectivity index (χ2v) is 3.48. The molecule has 2 nitrogen and oxygen atoms in total. The molecule has 65 valence electrons. The van der Waals surface area contributed by atoms with E-state index in [0.29, 0.717) is 6.54 Å². The number of nitrogens with zero attached hydrogens (tertiary/aromatic N) is 1. The van der Waals surface area contributed by atoms with Crippen LogP contribution in [0.5, 0.6) is 0 Å². The Hall–Kier alpha value is -0.0800. The van der Waals surface area contributed by atoms with Crippen molar-refractivity contribution in [3.63, 3.8) is 0 Å². The molecule has 0 amide bonds. The minimum absolute atomic E-state index is 0.587. The normalized spacial score (nSPS) is 27.3. The predicted octanol–water partition coefficient (Wildman–Crippen LogP) is 1.53. The zero-order valence-corrected chi connectivity index (χ0v) is 7.47. The molecule has 1 aliphatic heterocycles. The van der Waals surface area contributed by atoms with Crippen LogP contribution < -0.4 is 5.73 Å². The average molecular weight is 155 g/mol. The Morgan fingerprint density at radius 3 is 2.91 bits per heavy atom. The van der Waals surface area contributed by atoms with Gasteiger partial charge in [-0.25, -0.2) is 0 Å². The van der Waals surface area contributed by atoms with Gasteiger partial charge in [0.15, 0.2) is 0 Å². The molecule has 0 aromatic heterocycles. The number of likely N-dealkylation sites (tertiary alicyclic amines) is 1. The van der Waals surface area contributed by atoms with Crippen molar-refractivity contribution in [1.29, 1.82) is 0 Å². The highest BCUT2D eigenvalue weighted by atomic mass is 15.2. The van der Waals surface area contributed by atoms with Gasteiger partial charge in [-0.15, -0.1) is 0 Å². The molecule has 1 fully saturated rings. The molecule has 0 bridgehead atoms. The Kier molecular flexibility index (Phi) is 3.87. The van der Waals surface area contributed by atoms with E-state index in [2.05, 4.69) is 11.8 Å². The molecule has 1 atom stereocenters. The zero-order valence-electron chi connectivity index (χ0n) is 7.47. The van der Waals surface area contributed by atoms with Gasteiger partial charge in [0, 0.05) is 12.6 Å². The third-order valence-electron chi connectivity index (χ3n) is 2.56. The van der Waals surface area contributed by atoms with Crippen molar-refractivity contribution < 1.29 is 0 Å². The van der Waals surface area contributed by atoms with Crippen molar-refractivity contribution in [2.75, 3.05) is 19.6 Å². The first-order chi connectivity index (χ1) is 5.34. The summed E-state index contributed by atoms with van der Waals surface area (Å²) in [5.41, 5.74) is 7.06. The third-order valence-corrected chi connectivity index (χ3v) is 2.56. The summed E-state index contributed by atoms with van der Waals surface area (Å²) in [6.45, 7) is 5.30. The maximum Gasteiger partial charge on any atom is 0.0112 e. The Morgan fingerprint density at radius 2 is 2.27 bits per heavy atom. The van der Waals surface area contributed by atoms with Crippen LogP contribution in [0.1, 0.15) is 32.6 Å². The van der Waals surface area contributed by atoms with Gasteiger partial charge in [-0.2, -0.15) is 0 Å². The molecule has 1 rings (SSSR count). The molecule has 0 saturated carbocycles. The van der Waals surface area contributed by atoms with Crippen LogP contribution in [0.3, 0.4) is 0 Å². The molecule has 1 N–H and O–H groups in total.